The molecule has 114 valence electrons. The largest absolute Gasteiger partial charge is 0.395 e. The Hall–Kier alpha value is -1.83. The third kappa shape index (κ3) is 6.44. The van der Waals surface area contributed by atoms with Crippen LogP contribution in [-0.2, 0) is 9.53 Å². The van der Waals surface area contributed by atoms with Gasteiger partial charge in [0.25, 0.3) is 0 Å². The summed E-state index contributed by atoms with van der Waals surface area (Å²) >= 11 is 0. The Morgan fingerprint density at radius 1 is 1.48 bits per heavy atom. The Labute approximate surface area is 126 Å². The average Bonchev–Trinajstić information content (AvgIpc) is 2.42. The van der Waals surface area contributed by atoms with E-state index in [1.807, 2.05) is 32.0 Å². The lowest BCUT2D eigenvalue weighted by Crippen LogP contribution is -2.18. The SMILES string of the molecule is COCC(C)CC(=O)Nc1ccc(C#CCCO)cc1C. The highest BCUT2D eigenvalue weighted by Gasteiger charge is 2.10. The molecule has 0 radical (unpaired) electrons. The molecule has 1 atom stereocenters. The minimum absolute atomic E-state index is 0.0123. The van der Waals surface area contributed by atoms with Gasteiger partial charge < -0.3 is 15.2 Å². The molecule has 0 saturated carbocycles. The minimum atomic E-state index is -0.0123. The zero-order chi connectivity index (χ0) is 15.7. The molecule has 0 aliphatic carbocycles. The summed E-state index contributed by atoms with van der Waals surface area (Å²) in [6.45, 7) is 4.56. The monoisotopic (exact) mass is 289 g/mol. The fourth-order valence-corrected chi connectivity index (χ4v) is 1.96. The normalized spacial score (nSPS) is 11.4. The van der Waals surface area contributed by atoms with Gasteiger partial charge in [-0.3, -0.25) is 4.79 Å². The van der Waals surface area contributed by atoms with E-state index in [0.717, 1.165) is 16.8 Å². The van der Waals surface area contributed by atoms with E-state index < -0.39 is 0 Å². The quantitative estimate of drug-likeness (QED) is 0.790. The highest BCUT2D eigenvalue weighted by atomic mass is 16.5. The van der Waals surface area contributed by atoms with Gasteiger partial charge in [0.15, 0.2) is 0 Å². The van der Waals surface area contributed by atoms with Crippen LogP contribution in [0.1, 0.15) is 30.9 Å². The van der Waals surface area contributed by atoms with Crippen LogP contribution >= 0.6 is 0 Å². The Morgan fingerprint density at radius 2 is 2.24 bits per heavy atom. The van der Waals surface area contributed by atoms with Crippen molar-refractivity contribution in [3.8, 4) is 11.8 Å². The molecular weight excluding hydrogens is 266 g/mol. The van der Waals surface area contributed by atoms with Crippen LogP contribution in [0.15, 0.2) is 18.2 Å². The molecule has 1 amide bonds. The lowest BCUT2D eigenvalue weighted by molar-refractivity contribution is -0.117. The van der Waals surface area contributed by atoms with E-state index in [9.17, 15) is 4.79 Å². The molecule has 1 aromatic carbocycles. The summed E-state index contributed by atoms with van der Waals surface area (Å²) in [5.74, 6) is 6.04. The lowest BCUT2D eigenvalue weighted by atomic mass is 10.1. The summed E-state index contributed by atoms with van der Waals surface area (Å²) in [6.07, 6.45) is 0.903. The number of aliphatic hydroxyl groups excluding tert-OH is 1. The Balaban J connectivity index is 2.64. The standard InChI is InChI=1S/C17H23NO3/c1-13(12-21-3)10-17(20)18-16-8-7-15(11-14(16)2)6-4-5-9-19/h7-8,11,13,19H,5,9-10,12H2,1-3H3,(H,18,20). The van der Waals surface area contributed by atoms with E-state index in [2.05, 4.69) is 17.2 Å². The number of benzene rings is 1. The number of hydrogen-bond acceptors (Lipinski definition) is 3. The molecule has 2 N–H and O–H groups in total. The molecule has 4 heteroatoms. The predicted octanol–water partition coefficient (Wildman–Crippen LogP) is 2.34. The van der Waals surface area contributed by atoms with Gasteiger partial charge in [0, 0.05) is 37.8 Å². The first kappa shape index (κ1) is 17.2. The number of carbonyl (C=O) groups is 1. The molecule has 21 heavy (non-hydrogen) atoms. The lowest BCUT2D eigenvalue weighted by Gasteiger charge is -2.12. The summed E-state index contributed by atoms with van der Waals surface area (Å²) in [5.41, 5.74) is 2.66. The third-order valence-electron chi connectivity index (χ3n) is 2.96. The third-order valence-corrected chi connectivity index (χ3v) is 2.96. The first-order valence-corrected chi connectivity index (χ1v) is 7.06. The zero-order valence-electron chi connectivity index (χ0n) is 12.9. The van der Waals surface area contributed by atoms with Crippen LogP contribution in [0, 0.1) is 24.7 Å². The topological polar surface area (TPSA) is 58.6 Å². The molecule has 0 aliphatic heterocycles. The first-order valence-electron chi connectivity index (χ1n) is 7.06. The number of carbonyl (C=O) groups excluding carboxylic acids is 1. The van der Waals surface area contributed by atoms with E-state index in [1.54, 1.807) is 7.11 Å². The number of hydrogen-bond donors (Lipinski definition) is 2. The molecule has 0 aliphatic rings. The van der Waals surface area contributed by atoms with Gasteiger partial charge in [-0.25, -0.2) is 0 Å². The summed E-state index contributed by atoms with van der Waals surface area (Å²) in [6, 6.07) is 5.65. The number of aliphatic hydroxyl groups is 1. The fraction of sp³-hybridized carbons (Fsp3) is 0.471. The number of anilines is 1. The number of aryl methyl sites for hydroxylation is 1. The van der Waals surface area contributed by atoms with Crippen molar-refractivity contribution in [1.82, 2.24) is 0 Å². The molecule has 0 heterocycles. The number of methoxy groups -OCH3 is 1. The second-order valence-electron chi connectivity index (χ2n) is 5.12. The van der Waals surface area contributed by atoms with Crippen LogP contribution in [0.5, 0.6) is 0 Å². The summed E-state index contributed by atoms with van der Waals surface area (Å²) in [4.78, 5) is 11.9. The summed E-state index contributed by atoms with van der Waals surface area (Å²) < 4.78 is 5.03. The van der Waals surface area contributed by atoms with Gasteiger partial charge in [-0.05, 0) is 36.6 Å². The second-order valence-corrected chi connectivity index (χ2v) is 5.12. The maximum atomic E-state index is 11.9. The Bertz CT molecular complexity index is 529. The van der Waals surface area contributed by atoms with Crippen LogP contribution in [0.3, 0.4) is 0 Å². The zero-order valence-corrected chi connectivity index (χ0v) is 12.9. The van der Waals surface area contributed by atoms with Gasteiger partial charge in [-0.1, -0.05) is 18.8 Å². The molecule has 0 fully saturated rings. The molecule has 0 spiro atoms. The Kier molecular flexibility index (Phi) is 7.52. The maximum absolute atomic E-state index is 11.9. The summed E-state index contributed by atoms with van der Waals surface area (Å²) in [7, 11) is 1.63. The molecule has 1 unspecified atom stereocenters. The highest BCUT2D eigenvalue weighted by Crippen LogP contribution is 2.17. The molecule has 4 nitrogen and oxygen atoms in total. The van der Waals surface area contributed by atoms with Gasteiger partial charge in [0.2, 0.25) is 5.91 Å². The van der Waals surface area contributed by atoms with Crippen molar-refractivity contribution in [2.24, 2.45) is 5.92 Å². The molecular formula is C17H23NO3. The predicted molar refractivity (Wildman–Crippen MR) is 84.0 cm³/mol. The van der Waals surface area contributed by atoms with Crippen LogP contribution < -0.4 is 5.32 Å². The highest BCUT2D eigenvalue weighted by molar-refractivity contribution is 5.91. The first-order chi connectivity index (χ1) is 10.1. The molecule has 1 aromatic rings. The number of ether oxygens (including phenoxy) is 1. The van der Waals surface area contributed by atoms with Gasteiger partial charge in [-0.2, -0.15) is 0 Å². The van der Waals surface area contributed by atoms with Crippen molar-refractivity contribution >= 4 is 11.6 Å². The number of amides is 1. The van der Waals surface area contributed by atoms with E-state index in [4.69, 9.17) is 9.84 Å². The van der Waals surface area contributed by atoms with Gasteiger partial charge in [0.1, 0.15) is 0 Å². The summed E-state index contributed by atoms with van der Waals surface area (Å²) in [5, 5.41) is 11.6. The smallest absolute Gasteiger partial charge is 0.224 e. The van der Waals surface area contributed by atoms with Crippen molar-refractivity contribution in [3.05, 3.63) is 29.3 Å². The van der Waals surface area contributed by atoms with Crippen molar-refractivity contribution in [2.45, 2.75) is 26.7 Å². The number of nitrogens with one attached hydrogen (secondary N) is 1. The van der Waals surface area contributed by atoms with Crippen molar-refractivity contribution < 1.29 is 14.6 Å². The van der Waals surface area contributed by atoms with E-state index in [-0.39, 0.29) is 18.4 Å². The molecule has 0 bridgehead atoms. The van der Waals surface area contributed by atoms with Gasteiger partial charge >= 0.3 is 0 Å². The molecule has 1 rings (SSSR count). The van der Waals surface area contributed by atoms with Crippen molar-refractivity contribution in [3.63, 3.8) is 0 Å². The fourth-order valence-electron chi connectivity index (χ4n) is 1.96. The molecule has 0 saturated heterocycles. The van der Waals surface area contributed by atoms with Crippen LogP contribution in [-0.4, -0.2) is 31.3 Å². The van der Waals surface area contributed by atoms with E-state index in [0.29, 0.717) is 19.4 Å². The van der Waals surface area contributed by atoms with Crippen molar-refractivity contribution in [1.29, 1.82) is 0 Å². The maximum Gasteiger partial charge on any atom is 0.224 e. The van der Waals surface area contributed by atoms with Crippen LogP contribution in [0.25, 0.3) is 0 Å². The average molecular weight is 289 g/mol. The van der Waals surface area contributed by atoms with E-state index in [1.165, 1.54) is 0 Å². The van der Waals surface area contributed by atoms with E-state index >= 15 is 0 Å². The second kappa shape index (κ2) is 9.17. The molecule has 0 aromatic heterocycles. The number of rotatable bonds is 6. The Morgan fingerprint density at radius 3 is 2.86 bits per heavy atom. The van der Waals surface area contributed by atoms with Crippen LogP contribution in [0.4, 0.5) is 5.69 Å². The van der Waals surface area contributed by atoms with Gasteiger partial charge in [-0.15, -0.1) is 0 Å². The van der Waals surface area contributed by atoms with Crippen molar-refractivity contribution in [2.75, 3.05) is 25.6 Å². The minimum Gasteiger partial charge on any atom is -0.395 e. The van der Waals surface area contributed by atoms with Gasteiger partial charge in [0.05, 0.1) is 6.61 Å². The van der Waals surface area contributed by atoms with Crippen LogP contribution in [0.2, 0.25) is 0 Å².